The van der Waals surface area contributed by atoms with E-state index in [1.165, 1.54) is 5.56 Å². The van der Waals surface area contributed by atoms with Crippen LogP contribution in [0.4, 0.5) is 0 Å². The Morgan fingerprint density at radius 2 is 1.89 bits per heavy atom. The van der Waals surface area contributed by atoms with Gasteiger partial charge in [-0.05, 0) is 12.5 Å². The van der Waals surface area contributed by atoms with E-state index in [9.17, 15) is 4.79 Å². The van der Waals surface area contributed by atoms with Crippen molar-refractivity contribution in [3.05, 3.63) is 35.9 Å². The number of hydrazine groups is 1. The number of nitrogens with one attached hydrogen (secondary N) is 1. The molecule has 0 saturated carbocycles. The minimum Gasteiger partial charge on any atom is -0.297 e. The SMILES string of the molecule is CC(C(=O)NN)N1CCN(Cc2ccccc2)CC1. The van der Waals surface area contributed by atoms with Crippen LogP contribution >= 0.6 is 0 Å². The summed E-state index contributed by atoms with van der Waals surface area (Å²) < 4.78 is 0. The molecular formula is C14H22N4O. The monoisotopic (exact) mass is 262 g/mol. The van der Waals surface area contributed by atoms with Gasteiger partial charge in [-0.15, -0.1) is 0 Å². The molecule has 1 aliphatic heterocycles. The van der Waals surface area contributed by atoms with E-state index >= 15 is 0 Å². The number of carbonyl (C=O) groups excluding carboxylic acids is 1. The van der Waals surface area contributed by atoms with Crippen molar-refractivity contribution in [3.8, 4) is 0 Å². The summed E-state index contributed by atoms with van der Waals surface area (Å²) >= 11 is 0. The summed E-state index contributed by atoms with van der Waals surface area (Å²) in [5.41, 5.74) is 3.56. The maximum absolute atomic E-state index is 11.5. The van der Waals surface area contributed by atoms with E-state index < -0.39 is 0 Å². The first kappa shape index (κ1) is 14.0. The van der Waals surface area contributed by atoms with Gasteiger partial charge in [-0.25, -0.2) is 5.84 Å². The summed E-state index contributed by atoms with van der Waals surface area (Å²) in [6.07, 6.45) is 0. The van der Waals surface area contributed by atoms with Gasteiger partial charge < -0.3 is 0 Å². The fraction of sp³-hybridized carbons (Fsp3) is 0.500. The minimum atomic E-state index is -0.149. The second-order valence-electron chi connectivity index (χ2n) is 4.98. The molecule has 1 aromatic carbocycles. The quantitative estimate of drug-likeness (QED) is 0.462. The second-order valence-corrected chi connectivity index (χ2v) is 4.98. The smallest absolute Gasteiger partial charge is 0.250 e. The molecule has 1 amide bonds. The van der Waals surface area contributed by atoms with Gasteiger partial charge in [-0.1, -0.05) is 30.3 Å². The molecule has 1 atom stereocenters. The fourth-order valence-electron chi connectivity index (χ4n) is 2.44. The van der Waals surface area contributed by atoms with Crippen molar-refractivity contribution in [1.82, 2.24) is 15.2 Å². The molecule has 104 valence electrons. The lowest BCUT2D eigenvalue weighted by Gasteiger charge is -2.37. The highest BCUT2D eigenvalue weighted by molar-refractivity contribution is 5.80. The van der Waals surface area contributed by atoms with E-state index in [0.717, 1.165) is 32.7 Å². The van der Waals surface area contributed by atoms with Crippen molar-refractivity contribution >= 4 is 5.91 Å². The van der Waals surface area contributed by atoms with Crippen molar-refractivity contribution in [2.75, 3.05) is 26.2 Å². The van der Waals surface area contributed by atoms with Crippen molar-refractivity contribution in [1.29, 1.82) is 0 Å². The van der Waals surface area contributed by atoms with E-state index in [2.05, 4.69) is 39.5 Å². The van der Waals surface area contributed by atoms with Crippen molar-refractivity contribution in [3.63, 3.8) is 0 Å². The molecule has 0 aromatic heterocycles. The average molecular weight is 262 g/mol. The maximum atomic E-state index is 11.5. The lowest BCUT2D eigenvalue weighted by Crippen LogP contribution is -2.54. The molecule has 2 rings (SSSR count). The number of amides is 1. The summed E-state index contributed by atoms with van der Waals surface area (Å²) in [5.74, 6) is 5.06. The lowest BCUT2D eigenvalue weighted by atomic mass is 10.2. The van der Waals surface area contributed by atoms with Crippen molar-refractivity contribution in [2.45, 2.75) is 19.5 Å². The molecule has 1 unspecified atom stereocenters. The van der Waals surface area contributed by atoms with Crippen molar-refractivity contribution < 1.29 is 4.79 Å². The van der Waals surface area contributed by atoms with Gasteiger partial charge in [0.25, 0.3) is 5.91 Å². The van der Waals surface area contributed by atoms with E-state index in [1.54, 1.807) is 0 Å². The van der Waals surface area contributed by atoms with Crippen LogP contribution in [0, 0.1) is 0 Å². The highest BCUT2D eigenvalue weighted by atomic mass is 16.2. The highest BCUT2D eigenvalue weighted by Crippen LogP contribution is 2.10. The zero-order valence-electron chi connectivity index (χ0n) is 11.4. The molecule has 5 heteroatoms. The summed E-state index contributed by atoms with van der Waals surface area (Å²) in [7, 11) is 0. The number of benzene rings is 1. The van der Waals surface area contributed by atoms with Crippen LogP contribution in [0.25, 0.3) is 0 Å². The highest BCUT2D eigenvalue weighted by Gasteiger charge is 2.24. The third-order valence-electron chi connectivity index (χ3n) is 3.73. The number of nitrogens with zero attached hydrogens (tertiary/aromatic N) is 2. The van der Waals surface area contributed by atoms with Crippen LogP contribution < -0.4 is 11.3 Å². The van der Waals surface area contributed by atoms with Crippen molar-refractivity contribution in [2.24, 2.45) is 5.84 Å². The lowest BCUT2D eigenvalue weighted by molar-refractivity contribution is -0.126. The van der Waals surface area contributed by atoms with E-state index in [-0.39, 0.29) is 11.9 Å². The first-order valence-electron chi connectivity index (χ1n) is 6.71. The Bertz CT molecular complexity index is 401. The molecule has 5 nitrogen and oxygen atoms in total. The zero-order valence-corrected chi connectivity index (χ0v) is 11.4. The van der Waals surface area contributed by atoms with Crippen LogP contribution in [-0.2, 0) is 11.3 Å². The van der Waals surface area contributed by atoms with Gasteiger partial charge in [0.15, 0.2) is 0 Å². The molecule has 1 aliphatic rings. The molecule has 0 bridgehead atoms. The second kappa shape index (κ2) is 6.65. The Morgan fingerprint density at radius 3 is 2.47 bits per heavy atom. The van der Waals surface area contributed by atoms with Gasteiger partial charge in [0.2, 0.25) is 0 Å². The molecule has 1 fully saturated rings. The van der Waals surface area contributed by atoms with Gasteiger partial charge >= 0.3 is 0 Å². The number of carbonyl (C=O) groups is 1. The number of hydrogen-bond acceptors (Lipinski definition) is 4. The van der Waals surface area contributed by atoms with Crippen LogP contribution in [-0.4, -0.2) is 47.9 Å². The molecule has 1 saturated heterocycles. The van der Waals surface area contributed by atoms with Gasteiger partial charge in [-0.2, -0.15) is 0 Å². The Balaban J connectivity index is 1.81. The summed E-state index contributed by atoms with van der Waals surface area (Å²) in [5, 5.41) is 0. The van der Waals surface area contributed by atoms with Crippen LogP contribution in [0.5, 0.6) is 0 Å². The molecule has 19 heavy (non-hydrogen) atoms. The summed E-state index contributed by atoms with van der Waals surface area (Å²) in [4.78, 5) is 16.1. The first-order chi connectivity index (χ1) is 9.20. The van der Waals surface area contributed by atoms with Gasteiger partial charge in [0, 0.05) is 32.7 Å². The van der Waals surface area contributed by atoms with Crippen LogP contribution in [0.15, 0.2) is 30.3 Å². The van der Waals surface area contributed by atoms with Gasteiger partial charge in [0.05, 0.1) is 6.04 Å². The third-order valence-corrected chi connectivity index (χ3v) is 3.73. The maximum Gasteiger partial charge on any atom is 0.250 e. The van der Waals surface area contributed by atoms with Crippen LogP contribution in [0.1, 0.15) is 12.5 Å². The Labute approximate surface area is 114 Å². The fourth-order valence-corrected chi connectivity index (χ4v) is 2.44. The molecular weight excluding hydrogens is 240 g/mol. The first-order valence-corrected chi connectivity index (χ1v) is 6.71. The molecule has 1 aromatic rings. The largest absolute Gasteiger partial charge is 0.297 e. The minimum absolute atomic E-state index is 0.114. The van der Waals surface area contributed by atoms with Crippen LogP contribution in [0.2, 0.25) is 0 Å². The normalized spacial score (nSPS) is 19.1. The molecule has 1 heterocycles. The number of nitrogens with two attached hydrogens (primary N) is 1. The average Bonchev–Trinajstić information content (AvgIpc) is 2.47. The van der Waals surface area contributed by atoms with E-state index in [4.69, 9.17) is 5.84 Å². The summed E-state index contributed by atoms with van der Waals surface area (Å²) in [6, 6.07) is 10.3. The summed E-state index contributed by atoms with van der Waals surface area (Å²) in [6.45, 7) is 6.65. The Kier molecular flexibility index (Phi) is 4.90. The molecule has 0 spiro atoms. The number of hydrogen-bond donors (Lipinski definition) is 2. The topological polar surface area (TPSA) is 61.6 Å². The van der Waals surface area contributed by atoms with Gasteiger partial charge in [0.1, 0.15) is 0 Å². The molecule has 0 radical (unpaired) electrons. The van der Waals surface area contributed by atoms with Crippen LogP contribution in [0.3, 0.4) is 0 Å². The van der Waals surface area contributed by atoms with E-state index in [0.29, 0.717) is 0 Å². The zero-order chi connectivity index (χ0) is 13.7. The van der Waals surface area contributed by atoms with E-state index in [1.807, 2.05) is 13.0 Å². The predicted molar refractivity (Wildman–Crippen MR) is 75.1 cm³/mol. The third kappa shape index (κ3) is 3.76. The standard InChI is InChI=1S/C14H22N4O/c1-12(14(19)16-15)18-9-7-17(8-10-18)11-13-5-3-2-4-6-13/h2-6,12H,7-11,15H2,1H3,(H,16,19). The number of piperazine rings is 1. The predicted octanol–water partition coefficient (Wildman–Crippen LogP) is 0.183. The molecule has 3 N–H and O–H groups in total. The molecule has 0 aliphatic carbocycles. The Morgan fingerprint density at radius 1 is 1.26 bits per heavy atom. The number of rotatable bonds is 4. The van der Waals surface area contributed by atoms with Gasteiger partial charge in [-0.3, -0.25) is 20.0 Å². The Hall–Kier alpha value is -1.43.